The van der Waals surface area contributed by atoms with Gasteiger partial charge in [-0.1, -0.05) is 13.8 Å². The second kappa shape index (κ2) is 5.28. The summed E-state index contributed by atoms with van der Waals surface area (Å²) in [5.41, 5.74) is 5.26. The molecule has 1 aliphatic rings. The summed E-state index contributed by atoms with van der Waals surface area (Å²) in [7, 11) is 2.09. The zero-order chi connectivity index (χ0) is 11.5. The molecule has 3 heteroatoms. The van der Waals surface area contributed by atoms with Crippen LogP contribution in [-0.4, -0.2) is 41.8 Å². The molecule has 3 N–H and O–H groups in total. The van der Waals surface area contributed by atoms with Crippen molar-refractivity contribution in [2.24, 2.45) is 11.7 Å². The molecule has 0 aromatic heterocycles. The van der Waals surface area contributed by atoms with Crippen LogP contribution in [0.1, 0.15) is 39.5 Å². The van der Waals surface area contributed by atoms with Crippen molar-refractivity contribution < 1.29 is 5.11 Å². The Labute approximate surface area is 93.6 Å². The maximum Gasteiger partial charge on any atom is 0.0768 e. The van der Waals surface area contributed by atoms with E-state index in [2.05, 4.69) is 11.9 Å². The van der Waals surface area contributed by atoms with Gasteiger partial charge in [0.25, 0.3) is 0 Å². The largest absolute Gasteiger partial charge is 0.389 e. The van der Waals surface area contributed by atoms with Crippen LogP contribution in [0.5, 0.6) is 0 Å². The number of hydrogen-bond donors (Lipinski definition) is 2. The predicted octanol–water partition coefficient (Wildman–Crippen LogP) is 1.21. The minimum absolute atomic E-state index is 0.467. The average Bonchev–Trinajstić information content (AvgIpc) is 3.03. The van der Waals surface area contributed by atoms with Gasteiger partial charge >= 0.3 is 0 Å². The Balaban J connectivity index is 2.47. The first-order valence-electron chi connectivity index (χ1n) is 6.19. The van der Waals surface area contributed by atoms with Gasteiger partial charge in [-0.3, -0.25) is 4.90 Å². The van der Waals surface area contributed by atoms with E-state index in [-0.39, 0.29) is 0 Å². The lowest BCUT2D eigenvalue weighted by Gasteiger charge is -2.35. The van der Waals surface area contributed by atoms with Crippen LogP contribution in [0.3, 0.4) is 0 Å². The molecule has 0 aromatic carbocycles. The molecule has 1 saturated carbocycles. The number of aliphatic hydroxyl groups is 1. The summed E-state index contributed by atoms with van der Waals surface area (Å²) < 4.78 is 0. The van der Waals surface area contributed by atoms with Crippen LogP contribution in [0.4, 0.5) is 0 Å². The van der Waals surface area contributed by atoms with Gasteiger partial charge in [0, 0.05) is 19.1 Å². The summed E-state index contributed by atoms with van der Waals surface area (Å²) in [4.78, 5) is 2.25. The predicted molar refractivity (Wildman–Crippen MR) is 63.7 cm³/mol. The normalized spacial score (nSPS) is 19.6. The van der Waals surface area contributed by atoms with Gasteiger partial charge in [0.05, 0.1) is 5.60 Å². The summed E-state index contributed by atoms with van der Waals surface area (Å²) in [6.07, 6.45) is 4.25. The van der Waals surface area contributed by atoms with E-state index >= 15 is 0 Å². The van der Waals surface area contributed by atoms with Crippen LogP contribution in [0.2, 0.25) is 0 Å². The number of nitrogens with zero attached hydrogens (tertiary/aromatic N) is 1. The van der Waals surface area contributed by atoms with Crippen LogP contribution in [0, 0.1) is 5.92 Å². The fourth-order valence-electron chi connectivity index (χ4n) is 2.27. The monoisotopic (exact) mass is 214 g/mol. The van der Waals surface area contributed by atoms with Gasteiger partial charge in [-0.05, 0) is 38.6 Å². The Morgan fingerprint density at radius 1 is 1.40 bits per heavy atom. The Hall–Kier alpha value is -0.120. The molecule has 0 aromatic rings. The molecule has 15 heavy (non-hydrogen) atoms. The summed E-state index contributed by atoms with van der Waals surface area (Å²) in [5, 5.41) is 10.3. The first-order chi connectivity index (χ1) is 7.06. The molecule has 0 aliphatic heterocycles. The van der Waals surface area contributed by atoms with Crippen molar-refractivity contribution in [3.8, 4) is 0 Å². The Kier molecular flexibility index (Phi) is 4.56. The van der Waals surface area contributed by atoms with Crippen LogP contribution in [0.25, 0.3) is 0 Å². The molecule has 90 valence electrons. The quantitative estimate of drug-likeness (QED) is 0.669. The van der Waals surface area contributed by atoms with Crippen molar-refractivity contribution in [2.45, 2.75) is 51.2 Å². The van der Waals surface area contributed by atoms with Crippen LogP contribution in [0.15, 0.2) is 0 Å². The highest BCUT2D eigenvalue weighted by Crippen LogP contribution is 2.35. The minimum Gasteiger partial charge on any atom is -0.389 e. The maximum absolute atomic E-state index is 10.3. The second-order valence-electron chi connectivity index (χ2n) is 4.99. The summed E-state index contributed by atoms with van der Waals surface area (Å²) in [6, 6.07) is 0.467. The fourth-order valence-corrected chi connectivity index (χ4v) is 2.27. The average molecular weight is 214 g/mol. The molecule has 3 nitrogen and oxygen atoms in total. The van der Waals surface area contributed by atoms with Crippen molar-refractivity contribution in [3.63, 3.8) is 0 Å². The number of hydrogen-bond acceptors (Lipinski definition) is 3. The molecule has 1 rings (SSSR count). The lowest BCUT2D eigenvalue weighted by atomic mass is 9.96. The molecule has 1 aliphatic carbocycles. The number of rotatable bonds is 7. The number of likely N-dealkylation sites (N-methyl/N-ethyl adjacent to an activating group) is 1. The SMILES string of the molecule is CCC(O)(CC)CN(C)C(CN)C1CC1. The van der Waals surface area contributed by atoms with E-state index in [9.17, 15) is 5.11 Å². The first kappa shape index (κ1) is 12.9. The highest BCUT2D eigenvalue weighted by atomic mass is 16.3. The minimum atomic E-state index is -0.531. The van der Waals surface area contributed by atoms with Gasteiger partial charge in [0.15, 0.2) is 0 Å². The van der Waals surface area contributed by atoms with Crippen LogP contribution in [-0.2, 0) is 0 Å². The fraction of sp³-hybridized carbons (Fsp3) is 1.00. The van der Waals surface area contributed by atoms with E-state index in [1.54, 1.807) is 0 Å². The summed E-state index contributed by atoms with van der Waals surface area (Å²) in [6.45, 7) is 5.56. The molecule has 0 spiro atoms. The van der Waals surface area contributed by atoms with Crippen molar-refractivity contribution in [2.75, 3.05) is 20.1 Å². The molecule has 0 heterocycles. The lowest BCUT2D eigenvalue weighted by molar-refractivity contribution is -0.00844. The smallest absolute Gasteiger partial charge is 0.0768 e. The molecular formula is C12H26N2O. The summed E-state index contributed by atoms with van der Waals surface area (Å²) >= 11 is 0. The van der Waals surface area contributed by atoms with Gasteiger partial charge < -0.3 is 10.8 Å². The lowest BCUT2D eigenvalue weighted by Crippen LogP contribution is -2.48. The Bertz CT molecular complexity index is 188. The van der Waals surface area contributed by atoms with E-state index < -0.39 is 5.60 Å². The first-order valence-corrected chi connectivity index (χ1v) is 6.19. The zero-order valence-electron chi connectivity index (χ0n) is 10.4. The molecule has 1 atom stereocenters. The van der Waals surface area contributed by atoms with Gasteiger partial charge in [-0.15, -0.1) is 0 Å². The van der Waals surface area contributed by atoms with Crippen LogP contribution >= 0.6 is 0 Å². The van der Waals surface area contributed by atoms with E-state index in [0.717, 1.165) is 25.3 Å². The summed E-state index contributed by atoms with van der Waals surface area (Å²) in [5.74, 6) is 0.776. The van der Waals surface area contributed by atoms with E-state index in [4.69, 9.17) is 5.73 Å². The van der Waals surface area contributed by atoms with Gasteiger partial charge in [-0.25, -0.2) is 0 Å². The van der Waals surface area contributed by atoms with Gasteiger partial charge in [0.2, 0.25) is 0 Å². The third-order valence-corrected chi connectivity index (χ3v) is 3.83. The molecule has 1 fully saturated rings. The third-order valence-electron chi connectivity index (χ3n) is 3.83. The van der Waals surface area contributed by atoms with Gasteiger partial charge in [-0.2, -0.15) is 0 Å². The van der Waals surface area contributed by atoms with E-state index in [0.29, 0.717) is 12.6 Å². The van der Waals surface area contributed by atoms with E-state index in [1.165, 1.54) is 12.8 Å². The topological polar surface area (TPSA) is 49.5 Å². The second-order valence-corrected chi connectivity index (χ2v) is 4.99. The number of nitrogens with two attached hydrogens (primary N) is 1. The van der Waals surface area contributed by atoms with E-state index in [1.807, 2.05) is 13.8 Å². The highest BCUT2D eigenvalue weighted by molar-refractivity contribution is 4.90. The van der Waals surface area contributed by atoms with Crippen molar-refractivity contribution in [3.05, 3.63) is 0 Å². The highest BCUT2D eigenvalue weighted by Gasteiger charge is 2.35. The van der Waals surface area contributed by atoms with Gasteiger partial charge in [0.1, 0.15) is 0 Å². The van der Waals surface area contributed by atoms with Crippen molar-refractivity contribution in [1.29, 1.82) is 0 Å². The maximum atomic E-state index is 10.3. The Morgan fingerprint density at radius 3 is 2.27 bits per heavy atom. The molecular weight excluding hydrogens is 188 g/mol. The molecule has 1 unspecified atom stereocenters. The molecule has 0 amide bonds. The standard InChI is InChI=1S/C12H26N2O/c1-4-12(15,5-2)9-14(3)11(8-13)10-6-7-10/h10-11,15H,4-9,13H2,1-3H3. The third kappa shape index (κ3) is 3.44. The van der Waals surface area contributed by atoms with Crippen molar-refractivity contribution >= 4 is 0 Å². The van der Waals surface area contributed by atoms with Crippen LogP contribution < -0.4 is 5.73 Å². The molecule has 0 radical (unpaired) electrons. The Morgan fingerprint density at radius 2 is 1.93 bits per heavy atom. The molecule has 0 saturated heterocycles. The zero-order valence-corrected chi connectivity index (χ0v) is 10.4. The van der Waals surface area contributed by atoms with Crippen molar-refractivity contribution in [1.82, 2.24) is 4.90 Å². The molecule has 0 bridgehead atoms.